The van der Waals surface area contributed by atoms with Gasteiger partial charge < -0.3 is 10.2 Å². The fourth-order valence-corrected chi connectivity index (χ4v) is 1.04. The molecule has 1 rings (SSSR count). The Morgan fingerprint density at radius 3 is 2.42 bits per heavy atom. The number of hydrogen-bond donors (Lipinski definition) is 1. The van der Waals surface area contributed by atoms with Crippen LogP contribution in [0.3, 0.4) is 0 Å². The van der Waals surface area contributed by atoms with Crippen molar-refractivity contribution in [3.05, 3.63) is 17.4 Å². The first-order valence-electron chi connectivity index (χ1n) is 3.74. The Balaban J connectivity index is 3.28. The van der Waals surface area contributed by atoms with Crippen LogP contribution in [-0.2, 0) is 5.41 Å². The second kappa shape index (κ2) is 2.56. The van der Waals surface area contributed by atoms with Crippen molar-refractivity contribution in [2.24, 2.45) is 0 Å². The van der Waals surface area contributed by atoms with Gasteiger partial charge in [-0.2, -0.15) is 5.26 Å². The normalized spacial score (nSPS) is 11.2. The summed E-state index contributed by atoms with van der Waals surface area (Å²) in [6.07, 6.45) is 1.55. The number of nitrogen functional groups attached to an aromatic ring is 1. The number of anilines is 1. The molecule has 0 saturated carbocycles. The van der Waals surface area contributed by atoms with Gasteiger partial charge in [-0.15, -0.1) is 0 Å². The van der Waals surface area contributed by atoms with E-state index in [1.165, 1.54) is 0 Å². The highest BCUT2D eigenvalue weighted by molar-refractivity contribution is 5.53. The third-order valence-electron chi connectivity index (χ3n) is 1.74. The van der Waals surface area contributed by atoms with Crippen molar-refractivity contribution in [2.45, 2.75) is 26.2 Å². The highest BCUT2D eigenvalue weighted by Gasteiger charge is 2.22. The molecular formula is C9H12N2O. The summed E-state index contributed by atoms with van der Waals surface area (Å²) >= 11 is 0. The van der Waals surface area contributed by atoms with E-state index in [2.05, 4.69) is 0 Å². The zero-order chi connectivity index (χ0) is 9.35. The summed E-state index contributed by atoms with van der Waals surface area (Å²) in [5.74, 6) is 0.211. The van der Waals surface area contributed by atoms with Crippen molar-refractivity contribution in [1.82, 2.24) is 0 Å². The predicted octanol–water partition coefficient (Wildman–Crippen LogP) is 2.03. The Kier molecular flexibility index (Phi) is 1.85. The van der Waals surface area contributed by atoms with E-state index in [0.717, 1.165) is 5.56 Å². The molecule has 0 unspecified atom stereocenters. The molecule has 0 aliphatic heterocycles. The maximum absolute atomic E-state index is 8.76. The smallest absolute Gasteiger partial charge is 0.208 e. The van der Waals surface area contributed by atoms with Crippen molar-refractivity contribution < 1.29 is 4.42 Å². The molecule has 1 aromatic rings. The van der Waals surface area contributed by atoms with E-state index in [0.29, 0.717) is 5.56 Å². The number of furan rings is 1. The quantitative estimate of drug-likeness (QED) is 0.638. The number of nitriles is 1. The van der Waals surface area contributed by atoms with Gasteiger partial charge in [-0.05, 0) is 5.41 Å². The van der Waals surface area contributed by atoms with Gasteiger partial charge in [0.05, 0.1) is 6.26 Å². The molecule has 0 saturated heterocycles. The Labute approximate surface area is 71.8 Å². The fraction of sp³-hybridized carbons (Fsp3) is 0.444. The van der Waals surface area contributed by atoms with E-state index in [-0.39, 0.29) is 11.3 Å². The van der Waals surface area contributed by atoms with Crippen LogP contribution in [-0.4, -0.2) is 0 Å². The fourth-order valence-electron chi connectivity index (χ4n) is 1.04. The summed E-state index contributed by atoms with van der Waals surface area (Å²) in [4.78, 5) is 0. The van der Waals surface area contributed by atoms with E-state index in [9.17, 15) is 0 Å². The molecule has 0 fully saturated rings. The average molecular weight is 164 g/mol. The molecule has 0 aliphatic rings. The minimum Gasteiger partial charge on any atom is -0.447 e. The van der Waals surface area contributed by atoms with Gasteiger partial charge in [-0.3, -0.25) is 0 Å². The van der Waals surface area contributed by atoms with Crippen LogP contribution >= 0.6 is 0 Å². The SMILES string of the molecule is CC(C)(C)c1coc(N)c1C#N. The average Bonchev–Trinajstić information content (AvgIpc) is 2.29. The molecule has 0 radical (unpaired) electrons. The number of nitrogens with zero attached hydrogens (tertiary/aromatic N) is 1. The summed E-state index contributed by atoms with van der Waals surface area (Å²) in [6.45, 7) is 6.04. The number of hydrogen-bond acceptors (Lipinski definition) is 3. The lowest BCUT2D eigenvalue weighted by atomic mass is 9.86. The minimum absolute atomic E-state index is 0.0911. The maximum atomic E-state index is 8.76. The topological polar surface area (TPSA) is 62.9 Å². The van der Waals surface area contributed by atoms with Crippen molar-refractivity contribution >= 4 is 5.88 Å². The van der Waals surface area contributed by atoms with Gasteiger partial charge in [0.25, 0.3) is 0 Å². The van der Waals surface area contributed by atoms with Crippen molar-refractivity contribution in [3.8, 4) is 6.07 Å². The lowest BCUT2D eigenvalue weighted by Gasteiger charge is -2.15. The van der Waals surface area contributed by atoms with E-state index in [1.807, 2.05) is 26.8 Å². The lowest BCUT2D eigenvalue weighted by molar-refractivity contribution is 0.547. The molecule has 3 heteroatoms. The molecule has 0 aromatic carbocycles. The van der Waals surface area contributed by atoms with Crippen molar-refractivity contribution in [1.29, 1.82) is 5.26 Å². The first-order valence-corrected chi connectivity index (χ1v) is 3.74. The first-order chi connectivity index (χ1) is 5.46. The van der Waals surface area contributed by atoms with Crippen LogP contribution in [0.1, 0.15) is 31.9 Å². The maximum Gasteiger partial charge on any atom is 0.208 e. The van der Waals surface area contributed by atoms with Gasteiger partial charge in [-0.25, -0.2) is 0 Å². The van der Waals surface area contributed by atoms with Gasteiger partial charge in [-0.1, -0.05) is 20.8 Å². The van der Waals surface area contributed by atoms with Gasteiger partial charge in [0.1, 0.15) is 11.6 Å². The van der Waals surface area contributed by atoms with Crippen LogP contribution in [0.15, 0.2) is 10.7 Å². The third-order valence-corrected chi connectivity index (χ3v) is 1.74. The van der Waals surface area contributed by atoms with Crippen LogP contribution in [0.5, 0.6) is 0 Å². The molecule has 0 aliphatic carbocycles. The van der Waals surface area contributed by atoms with E-state index in [1.54, 1.807) is 6.26 Å². The second-order valence-electron chi connectivity index (χ2n) is 3.75. The number of nitrogens with two attached hydrogens (primary N) is 1. The van der Waals surface area contributed by atoms with Crippen molar-refractivity contribution in [3.63, 3.8) is 0 Å². The van der Waals surface area contributed by atoms with Crippen LogP contribution in [0, 0.1) is 11.3 Å². The summed E-state index contributed by atoms with van der Waals surface area (Å²) in [5.41, 5.74) is 6.69. The Morgan fingerprint density at radius 1 is 1.50 bits per heavy atom. The Bertz CT molecular complexity index is 325. The standard InChI is InChI=1S/C9H12N2O/c1-9(2,3)7-5-12-8(11)6(7)4-10/h5H,11H2,1-3H3. The Morgan fingerprint density at radius 2 is 2.08 bits per heavy atom. The van der Waals surface area contributed by atoms with Crippen LogP contribution in [0.4, 0.5) is 5.88 Å². The zero-order valence-corrected chi connectivity index (χ0v) is 7.51. The molecule has 0 bridgehead atoms. The highest BCUT2D eigenvalue weighted by Crippen LogP contribution is 2.29. The van der Waals surface area contributed by atoms with Gasteiger partial charge in [0, 0.05) is 5.56 Å². The molecule has 0 spiro atoms. The lowest BCUT2D eigenvalue weighted by Crippen LogP contribution is -2.11. The largest absolute Gasteiger partial charge is 0.447 e. The summed E-state index contributed by atoms with van der Waals surface area (Å²) in [5, 5.41) is 8.76. The van der Waals surface area contributed by atoms with Gasteiger partial charge >= 0.3 is 0 Å². The molecule has 1 aromatic heterocycles. The second-order valence-corrected chi connectivity index (χ2v) is 3.75. The number of rotatable bonds is 0. The van der Waals surface area contributed by atoms with E-state index >= 15 is 0 Å². The summed E-state index contributed by atoms with van der Waals surface area (Å²) in [6, 6.07) is 2.03. The highest BCUT2D eigenvalue weighted by atomic mass is 16.3. The molecule has 0 atom stereocenters. The first kappa shape index (κ1) is 8.66. The van der Waals surface area contributed by atoms with Gasteiger partial charge in [0.15, 0.2) is 0 Å². The van der Waals surface area contributed by atoms with E-state index < -0.39 is 0 Å². The van der Waals surface area contributed by atoms with Gasteiger partial charge in [0.2, 0.25) is 5.88 Å². The van der Waals surface area contributed by atoms with Crippen LogP contribution in [0.25, 0.3) is 0 Å². The molecule has 1 heterocycles. The van der Waals surface area contributed by atoms with Crippen LogP contribution < -0.4 is 5.73 Å². The summed E-state index contributed by atoms with van der Waals surface area (Å²) < 4.78 is 4.97. The van der Waals surface area contributed by atoms with Crippen molar-refractivity contribution in [2.75, 3.05) is 5.73 Å². The molecular weight excluding hydrogens is 152 g/mol. The monoisotopic (exact) mass is 164 g/mol. The molecule has 3 nitrogen and oxygen atoms in total. The van der Waals surface area contributed by atoms with Crippen LogP contribution in [0.2, 0.25) is 0 Å². The van der Waals surface area contributed by atoms with E-state index in [4.69, 9.17) is 15.4 Å². The molecule has 64 valence electrons. The molecule has 0 amide bonds. The zero-order valence-electron chi connectivity index (χ0n) is 7.51. The minimum atomic E-state index is -0.0911. The Hall–Kier alpha value is -1.43. The third kappa shape index (κ3) is 1.28. The molecule has 2 N–H and O–H groups in total. The summed E-state index contributed by atoms with van der Waals surface area (Å²) in [7, 11) is 0. The molecule has 12 heavy (non-hydrogen) atoms. The predicted molar refractivity (Wildman–Crippen MR) is 46.5 cm³/mol.